The summed E-state index contributed by atoms with van der Waals surface area (Å²) in [6.45, 7) is 4.25. The van der Waals surface area contributed by atoms with Gasteiger partial charge in [-0.1, -0.05) is 30.7 Å². The van der Waals surface area contributed by atoms with Crippen LogP contribution in [0.2, 0.25) is 5.02 Å². The van der Waals surface area contributed by atoms with Gasteiger partial charge in [-0.25, -0.2) is 0 Å². The van der Waals surface area contributed by atoms with Crippen LogP contribution in [0, 0.1) is 6.92 Å². The number of rotatable bonds is 3. The zero-order valence-electron chi connectivity index (χ0n) is 15.0. The fourth-order valence-corrected chi connectivity index (χ4v) is 3.82. The molecule has 1 amide bonds. The standard InChI is InChI=1S/C21H18ClNO4/c1-3-7-23-18(12-5-4-6-13(24)9-12)17-19(25)14-10-15(22)11(2)8-16(14)27-20(17)21(23)26/h4-6,8-10,18,24H,3,7H2,1-2H3. The van der Waals surface area contributed by atoms with Crippen molar-refractivity contribution in [3.05, 3.63) is 74.1 Å². The van der Waals surface area contributed by atoms with E-state index < -0.39 is 6.04 Å². The first-order chi connectivity index (χ1) is 12.9. The molecule has 0 bridgehead atoms. The molecule has 5 nitrogen and oxygen atoms in total. The molecule has 0 fully saturated rings. The number of benzene rings is 2. The van der Waals surface area contributed by atoms with E-state index in [9.17, 15) is 14.7 Å². The molecule has 0 aliphatic carbocycles. The number of nitrogens with zero attached hydrogens (tertiary/aromatic N) is 1. The molecule has 1 unspecified atom stereocenters. The van der Waals surface area contributed by atoms with Gasteiger partial charge in [-0.05, 0) is 48.7 Å². The van der Waals surface area contributed by atoms with Gasteiger partial charge in [0.15, 0.2) is 5.43 Å². The number of phenolic OH excluding ortho intramolecular Hbond substituents is 1. The van der Waals surface area contributed by atoms with Crippen LogP contribution < -0.4 is 5.43 Å². The smallest absolute Gasteiger partial charge is 0.290 e. The molecule has 138 valence electrons. The average Bonchev–Trinajstić information content (AvgIpc) is 2.90. The maximum absolute atomic E-state index is 13.3. The van der Waals surface area contributed by atoms with Gasteiger partial charge in [-0.3, -0.25) is 9.59 Å². The molecule has 0 saturated carbocycles. The summed E-state index contributed by atoms with van der Waals surface area (Å²) in [6.07, 6.45) is 0.730. The third kappa shape index (κ3) is 2.70. The lowest BCUT2D eigenvalue weighted by Gasteiger charge is -2.24. The second kappa shape index (κ2) is 6.43. The lowest BCUT2D eigenvalue weighted by molar-refractivity contribution is 0.0728. The first kappa shape index (κ1) is 17.6. The normalized spacial score (nSPS) is 16.2. The summed E-state index contributed by atoms with van der Waals surface area (Å²) < 4.78 is 5.88. The third-order valence-electron chi connectivity index (χ3n) is 4.90. The van der Waals surface area contributed by atoms with Crippen LogP contribution in [-0.2, 0) is 0 Å². The van der Waals surface area contributed by atoms with Crippen molar-refractivity contribution in [2.24, 2.45) is 0 Å². The second-order valence-corrected chi connectivity index (χ2v) is 7.17. The molecule has 4 rings (SSSR count). The molecule has 1 atom stereocenters. The minimum absolute atomic E-state index is 0.0658. The van der Waals surface area contributed by atoms with Crippen LogP contribution in [0.25, 0.3) is 11.0 Å². The first-order valence-corrected chi connectivity index (χ1v) is 9.17. The first-order valence-electron chi connectivity index (χ1n) is 8.79. The Morgan fingerprint density at radius 2 is 2.00 bits per heavy atom. The molecule has 0 radical (unpaired) electrons. The van der Waals surface area contributed by atoms with Gasteiger partial charge in [0.05, 0.1) is 17.0 Å². The summed E-state index contributed by atoms with van der Waals surface area (Å²) >= 11 is 6.20. The van der Waals surface area contributed by atoms with Crippen molar-refractivity contribution in [2.75, 3.05) is 6.54 Å². The number of aromatic hydroxyl groups is 1. The molecular weight excluding hydrogens is 366 g/mol. The Hall–Kier alpha value is -2.79. The molecule has 6 heteroatoms. The fourth-order valence-electron chi connectivity index (χ4n) is 3.65. The van der Waals surface area contributed by atoms with E-state index in [1.807, 2.05) is 13.8 Å². The van der Waals surface area contributed by atoms with E-state index in [-0.39, 0.29) is 22.8 Å². The Balaban J connectivity index is 2.04. The van der Waals surface area contributed by atoms with Crippen LogP contribution in [0.4, 0.5) is 0 Å². The molecule has 1 N–H and O–H groups in total. The summed E-state index contributed by atoms with van der Waals surface area (Å²) in [5.41, 5.74) is 1.81. The van der Waals surface area contributed by atoms with E-state index in [1.165, 1.54) is 0 Å². The van der Waals surface area contributed by atoms with Gasteiger partial charge in [0.2, 0.25) is 5.76 Å². The fraction of sp³-hybridized carbons (Fsp3) is 0.238. The van der Waals surface area contributed by atoms with Gasteiger partial charge >= 0.3 is 0 Å². The van der Waals surface area contributed by atoms with E-state index in [0.717, 1.165) is 12.0 Å². The molecular formula is C21H18ClNO4. The Morgan fingerprint density at radius 1 is 1.22 bits per heavy atom. The Morgan fingerprint density at radius 3 is 2.70 bits per heavy atom. The van der Waals surface area contributed by atoms with E-state index in [1.54, 1.807) is 41.3 Å². The van der Waals surface area contributed by atoms with E-state index >= 15 is 0 Å². The van der Waals surface area contributed by atoms with Gasteiger partial charge in [-0.2, -0.15) is 0 Å². The quantitative estimate of drug-likeness (QED) is 0.727. The van der Waals surface area contributed by atoms with Crippen LogP contribution in [-0.4, -0.2) is 22.5 Å². The lowest BCUT2D eigenvalue weighted by atomic mass is 9.98. The van der Waals surface area contributed by atoms with Crippen molar-refractivity contribution in [3.8, 4) is 5.75 Å². The van der Waals surface area contributed by atoms with Crippen molar-refractivity contribution in [3.63, 3.8) is 0 Å². The number of hydrogen-bond acceptors (Lipinski definition) is 4. The molecule has 27 heavy (non-hydrogen) atoms. The Kier molecular flexibility index (Phi) is 4.19. The number of phenols is 1. The summed E-state index contributed by atoms with van der Waals surface area (Å²) in [6, 6.07) is 9.28. The lowest BCUT2D eigenvalue weighted by Crippen LogP contribution is -2.30. The van der Waals surface area contributed by atoms with Gasteiger partial charge < -0.3 is 14.4 Å². The number of aryl methyl sites for hydroxylation is 1. The second-order valence-electron chi connectivity index (χ2n) is 6.77. The van der Waals surface area contributed by atoms with Crippen LogP contribution in [0.5, 0.6) is 5.75 Å². The predicted molar refractivity (Wildman–Crippen MR) is 104 cm³/mol. The number of carbonyl (C=O) groups is 1. The van der Waals surface area contributed by atoms with Crippen LogP contribution in [0.1, 0.15) is 46.6 Å². The van der Waals surface area contributed by atoms with E-state index in [2.05, 4.69) is 0 Å². The molecule has 1 aliphatic rings. The van der Waals surface area contributed by atoms with Crippen LogP contribution >= 0.6 is 11.6 Å². The minimum atomic E-state index is -0.597. The van der Waals surface area contributed by atoms with Gasteiger partial charge in [0.25, 0.3) is 5.91 Å². The molecule has 0 saturated heterocycles. The SMILES string of the molecule is CCCN1C(=O)c2oc3cc(C)c(Cl)cc3c(=O)c2C1c1cccc(O)c1. The molecule has 0 spiro atoms. The predicted octanol–water partition coefficient (Wildman–Crippen LogP) is 4.42. The zero-order valence-corrected chi connectivity index (χ0v) is 15.7. The third-order valence-corrected chi connectivity index (χ3v) is 5.30. The van der Waals surface area contributed by atoms with Crippen molar-refractivity contribution in [1.82, 2.24) is 4.90 Å². The highest BCUT2D eigenvalue weighted by molar-refractivity contribution is 6.32. The summed E-state index contributed by atoms with van der Waals surface area (Å²) in [5.74, 6) is -0.170. The van der Waals surface area contributed by atoms with Gasteiger partial charge in [0.1, 0.15) is 11.3 Å². The maximum Gasteiger partial charge on any atom is 0.290 e. The number of amides is 1. The molecule has 1 aliphatic heterocycles. The summed E-state index contributed by atoms with van der Waals surface area (Å²) in [5, 5.41) is 10.7. The van der Waals surface area contributed by atoms with Crippen molar-refractivity contribution in [1.29, 1.82) is 0 Å². The molecule has 3 aromatic rings. The van der Waals surface area contributed by atoms with Crippen LogP contribution in [0.15, 0.2) is 45.6 Å². The topological polar surface area (TPSA) is 70.8 Å². The van der Waals surface area contributed by atoms with Crippen molar-refractivity contribution < 1.29 is 14.3 Å². The van der Waals surface area contributed by atoms with Gasteiger partial charge in [-0.15, -0.1) is 0 Å². The van der Waals surface area contributed by atoms with Crippen molar-refractivity contribution >= 4 is 28.5 Å². The molecule has 1 aromatic heterocycles. The number of fused-ring (bicyclic) bond motifs is 2. The number of hydrogen-bond donors (Lipinski definition) is 1. The zero-order chi connectivity index (χ0) is 19.3. The van der Waals surface area contributed by atoms with E-state index in [4.69, 9.17) is 16.0 Å². The number of halogens is 1. The van der Waals surface area contributed by atoms with Gasteiger partial charge in [0, 0.05) is 11.6 Å². The molecule has 2 heterocycles. The highest BCUT2D eigenvalue weighted by Crippen LogP contribution is 2.39. The largest absolute Gasteiger partial charge is 0.508 e. The Labute approximate surface area is 160 Å². The highest BCUT2D eigenvalue weighted by atomic mass is 35.5. The highest BCUT2D eigenvalue weighted by Gasteiger charge is 2.42. The maximum atomic E-state index is 13.3. The molecule has 2 aromatic carbocycles. The van der Waals surface area contributed by atoms with Crippen LogP contribution in [0.3, 0.4) is 0 Å². The minimum Gasteiger partial charge on any atom is -0.508 e. The summed E-state index contributed by atoms with van der Waals surface area (Å²) in [7, 11) is 0. The van der Waals surface area contributed by atoms with Crippen molar-refractivity contribution in [2.45, 2.75) is 26.3 Å². The Bertz CT molecular complexity index is 1130. The number of carbonyl (C=O) groups excluding carboxylic acids is 1. The summed E-state index contributed by atoms with van der Waals surface area (Å²) in [4.78, 5) is 27.9. The average molecular weight is 384 g/mol. The van der Waals surface area contributed by atoms with E-state index in [0.29, 0.717) is 33.7 Å². The monoisotopic (exact) mass is 383 g/mol.